The van der Waals surface area contributed by atoms with E-state index in [2.05, 4.69) is 6.92 Å². The first-order valence-electron chi connectivity index (χ1n) is 11.9. The second-order valence-corrected chi connectivity index (χ2v) is 8.98. The molecule has 186 valence electrons. The Hall–Kier alpha value is -3.39. The van der Waals surface area contributed by atoms with Crippen LogP contribution in [0.25, 0.3) is 11.0 Å². The van der Waals surface area contributed by atoms with Gasteiger partial charge in [-0.25, -0.2) is 4.39 Å². The molecular weight excluding hydrogens is 451 g/mol. The summed E-state index contributed by atoms with van der Waals surface area (Å²) >= 11 is 0. The number of fused-ring (bicyclic) bond motifs is 2. The fourth-order valence-electron chi connectivity index (χ4n) is 4.43. The Balaban J connectivity index is 1.82. The molecule has 1 aromatic heterocycles. The second kappa shape index (κ2) is 10.5. The zero-order valence-corrected chi connectivity index (χ0v) is 20.6. The number of hydrogen-bond acceptors (Lipinski definition) is 6. The minimum absolute atomic E-state index is 0.00574. The number of nitrogens with zero attached hydrogens (tertiary/aromatic N) is 2. The van der Waals surface area contributed by atoms with Gasteiger partial charge in [-0.15, -0.1) is 0 Å². The Kier molecular flexibility index (Phi) is 7.40. The zero-order chi connectivity index (χ0) is 25.1. The Morgan fingerprint density at radius 3 is 2.60 bits per heavy atom. The molecule has 0 bridgehead atoms. The van der Waals surface area contributed by atoms with Crippen molar-refractivity contribution in [2.75, 3.05) is 40.9 Å². The topological polar surface area (TPSA) is 72.2 Å². The maximum absolute atomic E-state index is 14.0. The first kappa shape index (κ1) is 24.7. The fraction of sp³-hybridized carbons (Fsp3) is 0.407. The first-order chi connectivity index (χ1) is 16.8. The van der Waals surface area contributed by atoms with Crippen molar-refractivity contribution < 1.29 is 23.1 Å². The van der Waals surface area contributed by atoms with Gasteiger partial charge in [0.1, 0.15) is 11.4 Å². The van der Waals surface area contributed by atoms with E-state index < -0.39 is 17.3 Å². The molecule has 8 heteroatoms. The molecule has 0 fully saturated rings. The highest BCUT2D eigenvalue weighted by Gasteiger charge is 2.42. The number of benzene rings is 2. The molecule has 1 amide bonds. The number of methoxy groups -OCH3 is 1. The molecule has 0 radical (unpaired) electrons. The van der Waals surface area contributed by atoms with Crippen LogP contribution in [-0.4, -0.2) is 56.6 Å². The average Bonchev–Trinajstić information content (AvgIpc) is 3.11. The highest BCUT2D eigenvalue weighted by molar-refractivity contribution is 5.99. The minimum atomic E-state index is -0.679. The Morgan fingerprint density at radius 1 is 1.09 bits per heavy atom. The normalized spacial score (nSPS) is 15.2. The van der Waals surface area contributed by atoms with Crippen molar-refractivity contribution in [3.05, 3.63) is 69.3 Å². The summed E-state index contributed by atoms with van der Waals surface area (Å²) in [6, 6.07) is 8.51. The van der Waals surface area contributed by atoms with Gasteiger partial charge in [0.15, 0.2) is 16.9 Å². The van der Waals surface area contributed by atoms with E-state index in [1.807, 2.05) is 25.1 Å². The van der Waals surface area contributed by atoms with E-state index in [9.17, 15) is 14.0 Å². The molecule has 2 heterocycles. The first-order valence-corrected chi connectivity index (χ1v) is 11.9. The van der Waals surface area contributed by atoms with E-state index in [4.69, 9.17) is 13.9 Å². The molecule has 0 saturated carbocycles. The van der Waals surface area contributed by atoms with Crippen molar-refractivity contribution in [2.45, 2.75) is 32.2 Å². The van der Waals surface area contributed by atoms with Crippen LogP contribution >= 0.6 is 0 Å². The zero-order valence-electron chi connectivity index (χ0n) is 20.6. The Morgan fingerprint density at radius 2 is 1.89 bits per heavy atom. The van der Waals surface area contributed by atoms with Crippen LogP contribution in [0.3, 0.4) is 0 Å². The molecule has 1 aliphatic rings. The van der Waals surface area contributed by atoms with Crippen LogP contribution in [0.1, 0.15) is 53.9 Å². The van der Waals surface area contributed by atoms with E-state index in [0.717, 1.165) is 25.5 Å². The van der Waals surface area contributed by atoms with Gasteiger partial charge in [-0.05, 0) is 69.4 Å². The summed E-state index contributed by atoms with van der Waals surface area (Å²) in [5.74, 6) is 0.231. The number of halogens is 1. The summed E-state index contributed by atoms with van der Waals surface area (Å²) in [6.07, 6.45) is 2.63. The summed E-state index contributed by atoms with van der Waals surface area (Å²) in [7, 11) is 5.48. The average molecular weight is 483 g/mol. The lowest BCUT2D eigenvalue weighted by atomic mass is 9.98. The van der Waals surface area contributed by atoms with Crippen LogP contribution in [0.2, 0.25) is 0 Å². The van der Waals surface area contributed by atoms with Crippen LogP contribution in [0.5, 0.6) is 11.5 Å². The van der Waals surface area contributed by atoms with Crippen molar-refractivity contribution in [3.63, 3.8) is 0 Å². The van der Waals surface area contributed by atoms with Gasteiger partial charge in [0.25, 0.3) is 5.91 Å². The number of unbranched alkanes of at least 4 members (excludes halogenated alkanes) is 1. The molecule has 0 N–H and O–H groups in total. The second-order valence-electron chi connectivity index (χ2n) is 8.98. The lowest BCUT2D eigenvalue weighted by Gasteiger charge is -2.26. The third-order valence-corrected chi connectivity index (χ3v) is 6.19. The van der Waals surface area contributed by atoms with Crippen LogP contribution in [0, 0.1) is 5.82 Å². The quantitative estimate of drug-likeness (QED) is 0.393. The number of rotatable bonds is 10. The van der Waals surface area contributed by atoms with Crippen molar-refractivity contribution >= 4 is 16.9 Å². The smallest absolute Gasteiger partial charge is 0.290 e. The van der Waals surface area contributed by atoms with Gasteiger partial charge in [0, 0.05) is 6.54 Å². The van der Waals surface area contributed by atoms with Crippen molar-refractivity contribution in [1.82, 2.24) is 9.80 Å². The highest BCUT2D eigenvalue weighted by atomic mass is 19.1. The summed E-state index contributed by atoms with van der Waals surface area (Å²) < 4.78 is 31.3. The van der Waals surface area contributed by atoms with Crippen LogP contribution in [-0.2, 0) is 0 Å². The third kappa shape index (κ3) is 4.89. The molecule has 35 heavy (non-hydrogen) atoms. The van der Waals surface area contributed by atoms with E-state index in [1.165, 1.54) is 12.1 Å². The largest absolute Gasteiger partial charge is 0.493 e. The molecule has 2 aromatic carbocycles. The standard InChI is InChI=1S/C27H31FN2O5/c1-5-6-14-34-21-10-8-17(15-22(21)33-4)24-23-25(31)19-16-18(28)9-11-20(19)35-26(23)27(32)30(24)13-7-12-29(2)3/h8-11,15-16,24H,5-7,12-14H2,1-4H3. The van der Waals surface area contributed by atoms with Crippen LogP contribution in [0.15, 0.2) is 45.6 Å². The van der Waals surface area contributed by atoms with Gasteiger partial charge < -0.3 is 23.7 Å². The van der Waals surface area contributed by atoms with Crippen LogP contribution < -0.4 is 14.9 Å². The van der Waals surface area contributed by atoms with Crippen molar-refractivity contribution in [3.8, 4) is 11.5 Å². The maximum atomic E-state index is 14.0. The Labute approximate surface area is 204 Å². The number of amides is 1. The molecule has 0 aliphatic carbocycles. The highest BCUT2D eigenvalue weighted by Crippen LogP contribution is 2.41. The predicted molar refractivity (Wildman–Crippen MR) is 132 cm³/mol. The number of carbonyl (C=O) groups is 1. The van der Waals surface area contributed by atoms with E-state index >= 15 is 0 Å². The number of hydrogen-bond donors (Lipinski definition) is 0. The molecule has 1 aliphatic heterocycles. The molecular formula is C27H31FN2O5. The molecule has 1 unspecified atom stereocenters. The molecule has 1 atom stereocenters. The van der Waals surface area contributed by atoms with Gasteiger partial charge in [0.05, 0.1) is 30.7 Å². The number of carbonyl (C=O) groups excluding carboxylic acids is 1. The maximum Gasteiger partial charge on any atom is 0.290 e. The van der Waals surface area contributed by atoms with Gasteiger partial charge in [-0.3, -0.25) is 9.59 Å². The molecule has 0 saturated heterocycles. The third-order valence-electron chi connectivity index (χ3n) is 6.19. The van der Waals surface area contributed by atoms with Gasteiger partial charge in [0.2, 0.25) is 5.76 Å². The van der Waals surface area contributed by atoms with E-state index in [1.54, 1.807) is 24.1 Å². The minimum Gasteiger partial charge on any atom is -0.493 e. The fourth-order valence-corrected chi connectivity index (χ4v) is 4.43. The molecule has 3 aromatic rings. The molecule has 7 nitrogen and oxygen atoms in total. The van der Waals surface area contributed by atoms with Crippen molar-refractivity contribution in [2.24, 2.45) is 0 Å². The Bertz CT molecular complexity index is 1290. The molecule has 4 rings (SSSR count). The monoisotopic (exact) mass is 482 g/mol. The van der Waals surface area contributed by atoms with Crippen LogP contribution in [0.4, 0.5) is 4.39 Å². The predicted octanol–water partition coefficient (Wildman–Crippen LogP) is 4.62. The van der Waals surface area contributed by atoms with E-state index in [0.29, 0.717) is 36.6 Å². The van der Waals surface area contributed by atoms with Crippen molar-refractivity contribution in [1.29, 1.82) is 0 Å². The summed E-state index contributed by atoms with van der Waals surface area (Å²) in [5.41, 5.74) is 0.704. The van der Waals surface area contributed by atoms with E-state index in [-0.39, 0.29) is 28.2 Å². The summed E-state index contributed by atoms with van der Waals surface area (Å²) in [5, 5.41) is 0.114. The lowest BCUT2D eigenvalue weighted by molar-refractivity contribution is 0.0722. The van der Waals surface area contributed by atoms with Gasteiger partial charge in [-0.1, -0.05) is 19.4 Å². The summed E-state index contributed by atoms with van der Waals surface area (Å²) in [4.78, 5) is 30.7. The lowest BCUT2D eigenvalue weighted by Crippen LogP contribution is -2.32. The molecule has 0 spiro atoms. The van der Waals surface area contributed by atoms with Gasteiger partial charge in [-0.2, -0.15) is 0 Å². The SMILES string of the molecule is CCCCOc1ccc(C2c3c(oc4ccc(F)cc4c3=O)C(=O)N2CCCN(C)C)cc1OC. The van der Waals surface area contributed by atoms with Gasteiger partial charge >= 0.3 is 0 Å². The summed E-state index contributed by atoms with van der Waals surface area (Å²) in [6.45, 7) is 3.85. The number of ether oxygens (including phenoxy) is 2.